The van der Waals surface area contributed by atoms with Gasteiger partial charge in [0.25, 0.3) is 0 Å². The van der Waals surface area contributed by atoms with Crippen molar-refractivity contribution < 1.29 is 4.79 Å². The highest BCUT2D eigenvalue weighted by Crippen LogP contribution is 2.26. The summed E-state index contributed by atoms with van der Waals surface area (Å²) in [4.78, 5) is 17.1. The van der Waals surface area contributed by atoms with Crippen LogP contribution >= 0.6 is 11.8 Å². The van der Waals surface area contributed by atoms with Gasteiger partial charge in [0.05, 0.1) is 12.3 Å². The number of hydrogen-bond donors (Lipinski definition) is 0. The van der Waals surface area contributed by atoms with Gasteiger partial charge in [-0.05, 0) is 37.6 Å². The van der Waals surface area contributed by atoms with Crippen LogP contribution in [0.25, 0.3) is 11.4 Å². The lowest BCUT2D eigenvalue weighted by atomic mass is 10.2. The van der Waals surface area contributed by atoms with Gasteiger partial charge >= 0.3 is 0 Å². The van der Waals surface area contributed by atoms with Crippen molar-refractivity contribution in [1.82, 2.24) is 24.3 Å². The quantitative estimate of drug-likeness (QED) is 0.208. The van der Waals surface area contributed by atoms with E-state index in [9.17, 15) is 4.79 Å². The van der Waals surface area contributed by atoms with Gasteiger partial charge in [-0.25, -0.2) is 0 Å². The van der Waals surface area contributed by atoms with Crippen molar-refractivity contribution in [1.29, 1.82) is 0 Å². The third-order valence-electron chi connectivity index (χ3n) is 5.36. The molecule has 1 aromatic carbocycles. The maximum atomic E-state index is 13.0. The van der Waals surface area contributed by atoms with Gasteiger partial charge in [-0.1, -0.05) is 48.2 Å². The van der Waals surface area contributed by atoms with E-state index in [1.54, 1.807) is 12.4 Å². The molecule has 0 aliphatic rings. The number of Topliss-reactive ketones (excluding diaryl/α,β-unsaturated/α-hetero) is 1. The summed E-state index contributed by atoms with van der Waals surface area (Å²) in [6.07, 6.45) is 5.33. The average molecular weight is 444 g/mol. The van der Waals surface area contributed by atoms with E-state index in [0.29, 0.717) is 24.0 Å². The van der Waals surface area contributed by atoms with Gasteiger partial charge in [-0.2, -0.15) is 0 Å². The van der Waals surface area contributed by atoms with Crippen LogP contribution in [-0.4, -0.2) is 35.9 Å². The molecule has 0 aliphatic heterocycles. The van der Waals surface area contributed by atoms with Crippen LogP contribution in [-0.2, 0) is 13.1 Å². The number of ketones is 1. The molecule has 0 N–H and O–H groups in total. The average Bonchev–Trinajstić information content (AvgIpc) is 3.34. The standard InChI is InChI=1S/C25H25N5OS/c1-4-14-29-18(2)15-22(19(29)3)23(31)17-32-25-28-27-24(21-10-12-26-13-11-21)30(25)16-20-8-6-5-7-9-20/h4-13,15H,1,14,16-17H2,2-3H3. The van der Waals surface area contributed by atoms with Crippen LogP contribution in [0.2, 0.25) is 0 Å². The third-order valence-corrected chi connectivity index (χ3v) is 6.32. The molecule has 4 aromatic rings. The summed E-state index contributed by atoms with van der Waals surface area (Å²) in [6.45, 7) is 9.11. The summed E-state index contributed by atoms with van der Waals surface area (Å²) < 4.78 is 4.16. The second kappa shape index (κ2) is 9.78. The zero-order valence-corrected chi connectivity index (χ0v) is 19.0. The Morgan fingerprint density at radius 2 is 1.81 bits per heavy atom. The summed E-state index contributed by atoms with van der Waals surface area (Å²) in [5.41, 5.74) is 4.86. The number of hydrogen-bond acceptors (Lipinski definition) is 5. The number of pyridine rings is 1. The largest absolute Gasteiger partial charge is 0.345 e. The van der Waals surface area contributed by atoms with E-state index in [1.807, 2.05) is 56.3 Å². The number of aryl methyl sites for hydroxylation is 1. The molecule has 0 fully saturated rings. The Bertz CT molecular complexity index is 1230. The summed E-state index contributed by atoms with van der Waals surface area (Å²) in [6, 6.07) is 16.0. The predicted molar refractivity (Wildman–Crippen MR) is 128 cm³/mol. The highest BCUT2D eigenvalue weighted by Gasteiger charge is 2.19. The van der Waals surface area contributed by atoms with E-state index in [4.69, 9.17) is 0 Å². The summed E-state index contributed by atoms with van der Waals surface area (Å²) in [7, 11) is 0. The fraction of sp³-hybridized carbons (Fsp3) is 0.200. The lowest BCUT2D eigenvalue weighted by Gasteiger charge is -2.10. The normalized spacial score (nSPS) is 10.9. The van der Waals surface area contributed by atoms with Gasteiger partial charge in [0.2, 0.25) is 0 Å². The lowest BCUT2D eigenvalue weighted by molar-refractivity contribution is 0.102. The zero-order chi connectivity index (χ0) is 22.5. The minimum atomic E-state index is 0.0816. The van der Waals surface area contributed by atoms with Crippen LogP contribution in [0.4, 0.5) is 0 Å². The number of rotatable bonds is 9. The molecule has 0 radical (unpaired) electrons. The van der Waals surface area contributed by atoms with Crippen molar-refractivity contribution in [2.45, 2.75) is 32.1 Å². The monoisotopic (exact) mass is 443 g/mol. The minimum Gasteiger partial charge on any atom is -0.345 e. The lowest BCUT2D eigenvalue weighted by Crippen LogP contribution is -2.08. The second-order valence-electron chi connectivity index (χ2n) is 7.51. The molecule has 0 saturated heterocycles. The molecule has 3 heterocycles. The summed E-state index contributed by atoms with van der Waals surface area (Å²) >= 11 is 1.42. The van der Waals surface area contributed by atoms with Crippen molar-refractivity contribution in [2.75, 3.05) is 5.75 Å². The minimum absolute atomic E-state index is 0.0816. The predicted octanol–water partition coefficient (Wildman–Crippen LogP) is 4.97. The molecule has 0 spiro atoms. The molecule has 162 valence electrons. The maximum Gasteiger partial charge on any atom is 0.192 e. The van der Waals surface area contributed by atoms with Gasteiger partial charge in [-0.15, -0.1) is 16.8 Å². The maximum absolute atomic E-state index is 13.0. The van der Waals surface area contributed by atoms with E-state index in [-0.39, 0.29) is 5.78 Å². The van der Waals surface area contributed by atoms with Gasteiger partial charge < -0.3 is 4.57 Å². The Morgan fingerprint density at radius 3 is 2.53 bits per heavy atom. The van der Waals surface area contributed by atoms with Crippen LogP contribution < -0.4 is 0 Å². The molecule has 6 nitrogen and oxygen atoms in total. The molecule has 3 aromatic heterocycles. The number of benzene rings is 1. The first-order valence-corrected chi connectivity index (χ1v) is 11.4. The smallest absolute Gasteiger partial charge is 0.192 e. The van der Waals surface area contributed by atoms with E-state index in [0.717, 1.165) is 33.9 Å². The topological polar surface area (TPSA) is 65.6 Å². The molecule has 0 unspecified atom stereocenters. The van der Waals surface area contributed by atoms with Crippen LogP contribution in [0, 0.1) is 13.8 Å². The molecule has 0 amide bonds. The second-order valence-corrected chi connectivity index (χ2v) is 8.45. The van der Waals surface area contributed by atoms with E-state index in [1.165, 1.54) is 11.8 Å². The molecule has 32 heavy (non-hydrogen) atoms. The Hall–Kier alpha value is -3.45. The van der Waals surface area contributed by atoms with E-state index in [2.05, 4.69) is 43.0 Å². The van der Waals surface area contributed by atoms with E-state index < -0.39 is 0 Å². The molecular weight excluding hydrogens is 418 g/mol. The summed E-state index contributed by atoms with van der Waals surface area (Å²) in [5, 5.41) is 9.56. The van der Waals surface area contributed by atoms with Crippen molar-refractivity contribution in [3.63, 3.8) is 0 Å². The highest BCUT2D eigenvalue weighted by molar-refractivity contribution is 7.99. The molecular formula is C25H25N5OS. The fourth-order valence-corrected chi connectivity index (χ4v) is 4.54. The van der Waals surface area contributed by atoms with Crippen molar-refractivity contribution in [3.05, 3.63) is 96.1 Å². The number of carbonyl (C=O) groups excluding carboxylic acids is 1. The zero-order valence-electron chi connectivity index (χ0n) is 18.2. The number of nitrogens with zero attached hydrogens (tertiary/aromatic N) is 5. The third kappa shape index (κ3) is 4.57. The highest BCUT2D eigenvalue weighted by atomic mass is 32.2. The van der Waals surface area contributed by atoms with E-state index >= 15 is 0 Å². The molecule has 0 bridgehead atoms. The van der Waals surface area contributed by atoms with Crippen molar-refractivity contribution in [3.8, 4) is 11.4 Å². The van der Waals surface area contributed by atoms with Crippen molar-refractivity contribution >= 4 is 17.5 Å². The van der Waals surface area contributed by atoms with Crippen LogP contribution in [0.1, 0.15) is 27.3 Å². The first-order valence-electron chi connectivity index (χ1n) is 10.4. The number of aromatic nitrogens is 5. The first kappa shape index (κ1) is 21.8. The van der Waals surface area contributed by atoms with Crippen molar-refractivity contribution in [2.24, 2.45) is 0 Å². The molecule has 7 heteroatoms. The molecule has 0 atom stereocenters. The van der Waals surface area contributed by atoms with Gasteiger partial charge in [0.1, 0.15) is 0 Å². The number of allylic oxidation sites excluding steroid dienone is 1. The molecule has 4 rings (SSSR count). The van der Waals surface area contributed by atoms with Gasteiger partial charge in [0.15, 0.2) is 16.8 Å². The van der Waals surface area contributed by atoms with Gasteiger partial charge in [0, 0.05) is 41.5 Å². The van der Waals surface area contributed by atoms with Gasteiger partial charge in [-0.3, -0.25) is 14.3 Å². The number of carbonyl (C=O) groups is 1. The SMILES string of the molecule is C=CCn1c(C)cc(C(=O)CSc2nnc(-c3ccncc3)n2Cc2ccccc2)c1C. The van der Waals surface area contributed by atoms with Crippen LogP contribution in [0.15, 0.2) is 78.7 Å². The Kier molecular flexibility index (Phi) is 6.66. The first-order chi connectivity index (χ1) is 15.6. The summed E-state index contributed by atoms with van der Waals surface area (Å²) in [5.74, 6) is 1.13. The Labute approximate surface area is 192 Å². The fourth-order valence-electron chi connectivity index (χ4n) is 3.72. The number of thioether (sulfide) groups is 1. The molecule has 0 aliphatic carbocycles. The Morgan fingerprint density at radius 1 is 1.06 bits per heavy atom. The van der Waals surface area contributed by atoms with Crippen LogP contribution in [0.3, 0.4) is 0 Å². The Balaban J connectivity index is 1.60. The van der Waals surface area contributed by atoms with Crippen LogP contribution in [0.5, 0.6) is 0 Å². The molecule has 0 saturated carbocycles.